The first-order valence-electron chi connectivity index (χ1n) is 8.79. The summed E-state index contributed by atoms with van der Waals surface area (Å²) in [6, 6.07) is 16.5. The summed E-state index contributed by atoms with van der Waals surface area (Å²) in [5, 5.41) is 10.3. The molecule has 0 unspecified atom stereocenters. The molecule has 0 aliphatic rings. The van der Waals surface area contributed by atoms with Crippen LogP contribution in [-0.2, 0) is 16.0 Å². The molecule has 7 nitrogen and oxygen atoms in total. The molecule has 3 rings (SSSR count). The van der Waals surface area contributed by atoms with Gasteiger partial charge in [-0.25, -0.2) is 9.78 Å². The number of nitrogens with one attached hydrogen (secondary N) is 2. The Balaban J connectivity index is 1.47. The summed E-state index contributed by atoms with van der Waals surface area (Å²) in [4.78, 5) is 28.1. The van der Waals surface area contributed by atoms with Gasteiger partial charge >= 0.3 is 5.97 Å². The van der Waals surface area contributed by atoms with Crippen molar-refractivity contribution in [2.75, 3.05) is 17.7 Å². The first kappa shape index (κ1) is 19.6. The average molecular weight is 396 g/mol. The maximum Gasteiger partial charge on any atom is 0.338 e. The zero-order valence-corrected chi connectivity index (χ0v) is 16.2. The number of anilines is 1. The molecule has 1 aromatic heterocycles. The fraction of sp³-hybridized carbons (Fsp3) is 0.200. The maximum absolute atomic E-state index is 12.1. The second kappa shape index (κ2) is 9.70. The maximum atomic E-state index is 12.1. The van der Waals surface area contributed by atoms with Gasteiger partial charge in [-0.1, -0.05) is 42.1 Å². The summed E-state index contributed by atoms with van der Waals surface area (Å²) in [5.41, 5.74) is 2.19. The van der Waals surface area contributed by atoms with E-state index in [1.807, 2.05) is 30.3 Å². The molecule has 0 radical (unpaired) electrons. The summed E-state index contributed by atoms with van der Waals surface area (Å²) in [6.07, 6.45) is 0.660. The molecule has 0 bridgehead atoms. The highest BCUT2D eigenvalue weighted by molar-refractivity contribution is 7.99. The summed E-state index contributed by atoms with van der Waals surface area (Å²) in [6.45, 7) is 2.08. The van der Waals surface area contributed by atoms with Crippen molar-refractivity contribution in [2.45, 2.75) is 18.5 Å². The predicted molar refractivity (Wildman–Crippen MR) is 107 cm³/mol. The number of benzene rings is 2. The van der Waals surface area contributed by atoms with E-state index in [0.717, 1.165) is 11.4 Å². The molecular weight excluding hydrogens is 376 g/mol. The van der Waals surface area contributed by atoms with Crippen molar-refractivity contribution in [2.24, 2.45) is 0 Å². The Labute approximate surface area is 166 Å². The number of carbonyl (C=O) groups is 2. The SMILES string of the molecule is CCOC(=O)c1ccc(NC(=O)CSc2n[nH]c(Cc3ccccc3)n2)cc1. The van der Waals surface area contributed by atoms with Crippen LogP contribution in [0.25, 0.3) is 0 Å². The minimum Gasteiger partial charge on any atom is -0.462 e. The first-order chi connectivity index (χ1) is 13.6. The van der Waals surface area contributed by atoms with Gasteiger partial charge in [-0.15, -0.1) is 5.10 Å². The lowest BCUT2D eigenvalue weighted by Crippen LogP contribution is -2.14. The molecule has 3 aromatic rings. The predicted octanol–water partition coefficient (Wildman–Crippen LogP) is 3.30. The van der Waals surface area contributed by atoms with Crippen molar-refractivity contribution < 1.29 is 14.3 Å². The smallest absolute Gasteiger partial charge is 0.338 e. The zero-order chi connectivity index (χ0) is 19.8. The van der Waals surface area contributed by atoms with Gasteiger partial charge in [-0.3, -0.25) is 9.89 Å². The molecule has 28 heavy (non-hydrogen) atoms. The number of rotatable bonds is 8. The molecule has 0 saturated carbocycles. The van der Waals surface area contributed by atoms with Crippen LogP contribution >= 0.6 is 11.8 Å². The van der Waals surface area contributed by atoms with E-state index in [1.54, 1.807) is 31.2 Å². The van der Waals surface area contributed by atoms with Crippen LogP contribution in [0.4, 0.5) is 5.69 Å². The van der Waals surface area contributed by atoms with Crippen LogP contribution in [0, 0.1) is 0 Å². The Morgan fingerprint density at radius 3 is 2.57 bits per heavy atom. The summed E-state index contributed by atoms with van der Waals surface area (Å²) in [7, 11) is 0. The van der Waals surface area contributed by atoms with Gasteiger partial charge in [-0.2, -0.15) is 0 Å². The molecule has 8 heteroatoms. The van der Waals surface area contributed by atoms with Crippen LogP contribution in [0.1, 0.15) is 28.7 Å². The van der Waals surface area contributed by atoms with E-state index in [2.05, 4.69) is 20.5 Å². The van der Waals surface area contributed by atoms with Crippen LogP contribution in [0.3, 0.4) is 0 Å². The monoisotopic (exact) mass is 396 g/mol. The lowest BCUT2D eigenvalue weighted by atomic mass is 10.1. The Morgan fingerprint density at radius 2 is 1.86 bits per heavy atom. The second-order valence-electron chi connectivity index (χ2n) is 5.86. The third kappa shape index (κ3) is 5.68. The van der Waals surface area contributed by atoms with Gasteiger partial charge in [-0.05, 0) is 36.8 Å². The third-order valence-electron chi connectivity index (χ3n) is 3.74. The first-order valence-corrected chi connectivity index (χ1v) is 9.77. The quantitative estimate of drug-likeness (QED) is 0.448. The van der Waals surface area contributed by atoms with Crippen LogP contribution in [0.15, 0.2) is 59.8 Å². The minimum atomic E-state index is -0.383. The molecule has 0 atom stereocenters. The minimum absolute atomic E-state index is 0.178. The molecule has 1 heterocycles. The average Bonchev–Trinajstić information content (AvgIpc) is 3.15. The fourth-order valence-corrected chi connectivity index (χ4v) is 3.06. The van der Waals surface area contributed by atoms with E-state index in [-0.39, 0.29) is 17.6 Å². The number of amides is 1. The van der Waals surface area contributed by atoms with Crippen molar-refractivity contribution in [1.29, 1.82) is 0 Å². The van der Waals surface area contributed by atoms with Gasteiger partial charge < -0.3 is 10.1 Å². The molecule has 0 spiro atoms. The number of aromatic nitrogens is 3. The van der Waals surface area contributed by atoms with Gasteiger partial charge in [0, 0.05) is 12.1 Å². The number of esters is 1. The highest BCUT2D eigenvalue weighted by atomic mass is 32.2. The molecule has 144 valence electrons. The molecule has 0 aliphatic carbocycles. The highest BCUT2D eigenvalue weighted by Crippen LogP contribution is 2.16. The lowest BCUT2D eigenvalue weighted by Gasteiger charge is -2.05. The fourth-order valence-electron chi connectivity index (χ4n) is 2.44. The number of aromatic amines is 1. The van der Waals surface area contributed by atoms with Gasteiger partial charge in [0.15, 0.2) is 0 Å². The van der Waals surface area contributed by atoms with E-state index in [0.29, 0.717) is 29.4 Å². The van der Waals surface area contributed by atoms with Gasteiger partial charge in [0.2, 0.25) is 11.1 Å². The summed E-state index contributed by atoms with van der Waals surface area (Å²) in [5.74, 6) is 0.376. The lowest BCUT2D eigenvalue weighted by molar-refractivity contribution is -0.113. The molecule has 2 N–H and O–H groups in total. The van der Waals surface area contributed by atoms with Gasteiger partial charge in [0.1, 0.15) is 5.82 Å². The van der Waals surface area contributed by atoms with Crippen molar-refractivity contribution in [3.05, 3.63) is 71.5 Å². The van der Waals surface area contributed by atoms with Crippen molar-refractivity contribution in [1.82, 2.24) is 15.2 Å². The molecule has 1 amide bonds. The Kier molecular flexibility index (Phi) is 6.80. The number of H-pyrrole nitrogens is 1. The molecule has 0 saturated heterocycles. The molecule has 2 aromatic carbocycles. The topological polar surface area (TPSA) is 97.0 Å². The van der Waals surface area contributed by atoms with Gasteiger partial charge in [0.25, 0.3) is 0 Å². The Bertz CT molecular complexity index is 926. The second-order valence-corrected chi connectivity index (χ2v) is 6.80. The highest BCUT2D eigenvalue weighted by Gasteiger charge is 2.10. The van der Waals surface area contributed by atoms with E-state index < -0.39 is 0 Å². The van der Waals surface area contributed by atoms with E-state index >= 15 is 0 Å². The Hall–Kier alpha value is -3.13. The number of hydrogen-bond acceptors (Lipinski definition) is 6. The van der Waals surface area contributed by atoms with Crippen molar-refractivity contribution in [3.63, 3.8) is 0 Å². The summed E-state index contributed by atoms with van der Waals surface area (Å²) >= 11 is 1.25. The van der Waals surface area contributed by atoms with E-state index in [9.17, 15) is 9.59 Å². The van der Waals surface area contributed by atoms with Gasteiger partial charge in [0.05, 0.1) is 17.9 Å². The van der Waals surface area contributed by atoms with Crippen LogP contribution in [0.2, 0.25) is 0 Å². The molecule has 0 aliphatic heterocycles. The van der Waals surface area contributed by atoms with E-state index in [1.165, 1.54) is 11.8 Å². The summed E-state index contributed by atoms with van der Waals surface area (Å²) < 4.78 is 4.93. The van der Waals surface area contributed by atoms with Crippen molar-refractivity contribution in [3.8, 4) is 0 Å². The number of ether oxygens (including phenoxy) is 1. The number of carbonyl (C=O) groups excluding carboxylic acids is 2. The van der Waals surface area contributed by atoms with Crippen molar-refractivity contribution >= 4 is 29.3 Å². The van der Waals surface area contributed by atoms with Crippen LogP contribution in [-0.4, -0.2) is 39.4 Å². The number of nitrogens with zero attached hydrogens (tertiary/aromatic N) is 2. The molecule has 0 fully saturated rings. The normalized spacial score (nSPS) is 10.5. The third-order valence-corrected chi connectivity index (χ3v) is 4.59. The van der Waals surface area contributed by atoms with E-state index in [4.69, 9.17) is 4.74 Å². The van der Waals surface area contributed by atoms with Crippen LogP contribution < -0.4 is 5.32 Å². The standard InChI is InChI=1S/C20H20N4O3S/c1-2-27-19(26)15-8-10-16(11-9-15)21-18(25)13-28-20-22-17(23-24-20)12-14-6-4-3-5-7-14/h3-11H,2,12-13H2,1H3,(H,21,25)(H,22,23,24). The number of thioether (sulfide) groups is 1. The van der Waals surface area contributed by atoms with Crippen LogP contribution in [0.5, 0.6) is 0 Å². The Morgan fingerprint density at radius 1 is 1.11 bits per heavy atom. The molecular formula is C20H20N4O3S. The largest absolute Gasteiger partial charge is 0.462 e. The number of hydrogen-bond donors (Lipinski definition) is 2. The zero-order valence-electron chi connectivity index (χ0n) is 15.3.